The fraction of sp³-hybridized carbons (Fsp3) is 0.320. The van der Waals surface area contributed by atoms with Crippen molar-refractivity contribution in [3.8, 4) is 5.75 Å². The molecular weight excluding hydrogens is 440 g/mol. The highest BCUT2D eigenvalue weighted by atomic mass is 32.2. The molecule has 1 amide bonds. The molecule has 2 N–H and O–H groups in total. The van der Waals surface area contributed by atoms with Gasteiger partial charge in [-0.1, -0.05) is 37.5 Å². The van der Waals surface area contributed by atoms with Crippen molar-refractivity contribution in [2.75, 3.05) is 12.4 Å². The van der Waals surface area contributed by atoms with E-state index < -0.39 is 15.4 Å². The lowest BCUT2D eigenvalue weighted by molar-refractivity contribution is -0.122. The molecule has 4 rings (SSSR count). The van der Waals surface area contributed by atoms with E-state index in [4.69, 9.17) is 9.15 Å². The monoisotopic (exact) mass is 468 g/mol. The van der Waals surface area contributed by atoms with E-state index in [0.717, 1.165) is 43.4 Å². The third kappa shape index (κ3) is 5.12. The van der Waals surface area contributed by atoms with Crippen molar-refractivity contribution >= 4 is 21.6 Å². The fourth-order valence-electron chi connectivity index (χ4n) is 4.37. The Morgan fingerprint density at radius 1 is 1.03 bits per heavy atom. The van der Waals surface area contributed by atoms with Gasteiger partial charge in [-0.3, -0.25) is 4.79 Å². The van der Waals surface area contributed by atoms with Gasteiger partial charge in [-0.15, -0.1) is 0 Å². The zero-order valence-corrected chi connectivity index (χ0v) is 19.4. The normalized spacial score (nSPS) is 15.7. The number of hydrogen-bond donors (Lipinski definition) is 2. The minimum atomic E-state index is -3.77. The summed E-state index contributed by atoms with van der Waals surface area (Å²) >= 11 is 0. The first-order valence-corrected chi connectivity index (χ1v) is 12.5. The van der Waals surface area contributed by atoms with Gasteiger partial charge in [0.15, 0.2) is 0 Å². The van der Waals surface area contributed by atoms with E-state index in [1.54, 1.807) is 31.4 Å². The molecule has 2 aromatic carbocycles. The summed E-state index contributed by atoms with van der Waals surface area (Å²) in [5, 5.41) is 2.98. The average Bonchev–Trinajstić information content (AvgIpc) is 3.37. The van der Waals surface area contributed by atoms with Crippen molar-refractivity contribution in [2.24, 2.45) is 0 Å². The van der Waals surface area contributed by atoms with Crippen molar-refractivity contribution in [1.29, 1.82) is 0 Å². The summed E-state index contributed by atoms with van der Waals surface area (Å²) in [5.74, 6) is 1.14. The second kappa shape index (κ2) is 9.80. The Balaban J connectivity index is 1.55. The third-order valence-corrected chi connectivity index (χ3v) is 7.60. The van der Waals surface area contributed by atoms with Crippen LogP contribution in [0.3, 0.4) is 0 Å². The van der Waals surface area contributed by atoms with Crippen molar-refractivity contribution in [1.82, 2.24) is 4.72 Å². The van der Waals surface area contributed by atoms with Crippen LogP contribution in [0.15, 0.2) is 76.2 Å². The van der Waals surface area contributed by atoms with E-state index in [1.807, 2.05) is 24.3 Å². The maximum atomic E-state index is 13.6. The molecule has 1 aromatic heterocycles. The number of carbonyl (C=O) groups is 1. The van der Waals surface area contributed by atoms with Crippen LogP contribution < -0.4 is 14.8 Å². The summed E-state index contributed by atoms with van der Waals surface area (Å²) < 4.78 is 38.4. The second-order valence-corrected chi connectivity index (χ2v) is 10.0. The highest BCUT2D eigenvalue weighted by molar-refractivity contribution is 7.89. The molecule has 7 nitrogen and oxygen atoms in total. The van der Waals surface area contributed by atoms with Gasteiger partial charge in [0, 0.05) is 5.69 Å². The van der Waals surface area contributed by atoms with E-state index in [9.17, 15) is 13.2 Å². The molecule has 0 bridgehead atoms. The Morgan fingerprint density at radius 2 is 1.79 bits per heavy atom. The van der Waals surface area contributed by atoms with Crippen LogP contribution >= 0.6 is 0 Å². The highest BCUT2D eigenvalue weighted by Crippen LogP contribution is 2.41. The first kappa shape index (κ1) is 23.1. The summed E-state index contributed by atoms with van der Waals surface area (Å²) in [6.07, 6.45) is 6.00. The molecule has 33 heavy (non-hydrogen) atoms. The smallest absolute Gasteiger partial charge is 0.241 e. The average molecular weight is 469 g/mol. The van der Waals surface area contributed by atoms with Crippen LogP contribution in [0.25, 0.3) is 0 Å². The molecule has 0 unspecified atom stereocenters. The first-order valence-electron chi connectivity index (χ1n) is 11.0. The predicted molar refractivity (Wildman–Crippen MR) is 126 cm³/mol. The molecule has 1 heterocycles. The SMILES string of the molecule is COc1ccc(C2(C(=O)Nc3cccc(S(=O)(=O)NCc4ccco4)c3)CCCCC2)cc1. The van der Waals surface area contributed by atoms with Gasteiger partial charge in [-0.25, -0.2) is 13.1 Å². The number of sulfonamides is 1. The van der Waals surface area contributed by atoms with Gasteiger partial charge in [0.05, 0.1) is 30.2 Å². The van der Waals surface area contributed by atoms with Crippen LogP contribution in [0.4, 0.5) is 5.69 Å². The first-order chi connectivity index (χ1) is 15.9. The number of amides is 1. The number of hydrogen-bond acceptors (Lipinski definition) is 5. The largest absolute Gasteiger partial charge is 0.497 e. The molecule has 1 aliphatic rings. The number of nitrogens with one attached hydrogen (secondary N) is 2. The van der Waals surface area contributed by atoms with Crippen LogP contribution in [0.1, 0.15) is 43.4 Å². The molecule has 0 saturated heterocycles. The Bertz CT molecular complexity index is 1180. The Hall–Kier alpha value is -3.10. The standard InChI is InChI=1S/C25H28N2O5S/c1-31-21-12-10-19(11-13-21)25(14-3-2-4-15-25)24(28)27-20-7-5-9-23(17-20)33(29,30)26-18-22-8-6-16-32-22/h5-13,16-17,26H,2-4,14-15,18H2,1H3,(H,27,28). The van der Waals surface area contributed by atoms with Crippen LogP contribution in [0.2, 0.25) is 0 Å². The van der Waals surface area contributed by atoms with E-state index >= 15 is 0 Å². The second-order valence-electron chi connectivity index (χ2n) is 8.26. The van der Waals surface area contributed by atoms with Crippen LogP contribution in [0, 0.1) is 0 Å². The van der Waals surface area contributed by atoms with Gasteiger partial charge in [0.2, 0.25) is 15.9 Å². The number of benzene rings is 2. The molecule has 0 aliphatic heterocycles. The molecule has 1 aliphatic carbocycles. The molecule has 1 saturated carbocycles. The maximum absolute atomic E-state index is 13.6. The number of methoxy groups -OCH3 is 1. The number of furan rings is 1. The number of anilines is 1. The molecule has 1 fully saturated rings. The molecule has 174 valence electrons. The van der Waals surface area contributed by atoms with Gasteiger partial charge in [-0.05, 0) is 60.9 Å². The van der Waals surface area contributed by atoms with Crippen molar-refractivity contribution in [2.45, 2.75) is 49.0 Å². The summed E-state index contributed by atoms with van der Waals surface area (Å²) in [5.41, 5.74) is 0.737. The zero-order chi connectivity index (χ0) is 23.3. The van der Waals surface area contributed by atoms with E-state index in [2.05, 4.69) is 10.0 Å². The summed E-state index contributed by atoms with van der Waals surface area (Å²) in [7, 11) is -2.16. The summed E-state index contributed by atoms with van der Waals surface area (Å²) in [6, 6.07) is 17.3. The van der Waals surface area contributed by atoms with Crippen molar-refractivity contribution < 1.29 is 22.4 Å². The Kier molecular flexibility index (Phi) is 6.85. The number of rotatable bonds is 8. The number of ether oxygens (including phenoxy) is 1. The fourth-order valence-corrected chi connectivity index (χ4v) is 5.41. The summed E-state index contributed by atoms with van der Waals surface area (Å²) in [4.78, 5) is 13.6. The van der Waals surface area contributed by atoms with Crippen LogP contribution in [-0.2, 0) is 26.8 Å². The molecule has 0 spiro atoms. The Morgan fingerprint density at radius 3 is 2.45 bits per heavy atom. The van der Waals surface area contributed by atoms with Gasteiger partial charge < -0.3 is 14.5 Å². The van der Waals surface area contributed by atoms with Crippen LogP contribution in [-0.4, -0.2) is 21.4 Å². The van der Waals surface area contributed by atoms with Gasteiger partial charge in [0.1, 0.15) is 11.5 Å². The number of carbonyl (C=O) groups excluding carboxylic acids is 1. The molecule has 8 heteroatoms. The van der Waals surface area contributed by atoms with E-state index in [0.29, 0.717) is 11.4 Å². The lowest BCUT2D eigenvalue weighted by Crippen LogP contribution is -2.42. The highest BCUT2D eigenvalue weighted by Gasteiger charge is 2.41. The molecule has 0 atom stereocenters. The van der Waals surface area contributed by atoms with E-state index in [1.165, 1.54) is 18.4 Å². The summed E-state index contributed by atoms with van der Waals surface area (Å²) in [6.45, 7) is 0.0481. The van der Waals surface area contributed by atoms with E-state index in [-0.39, 0.29) is 17.3 Å². The van der Waals surface area contributed by atoms with Crippen molar-refractivity contribution in [3.63, 3.8) is 0 Å². The maximum Gasteiger partial charge on any atom is 0.241 e. The van der Waals surface area contributed by atoms with Crippen molar-refractivity contribution in [3.05, 3.63) is 78.3 Å². The molecular formula is C25H28N2O5S. The zero-order valence-electron chi connectivity index (χ0n) is 18.5. The predicted octanol–water partition coefficient (Wildman–Crippen LogP) is 4.61. The third-order valence-electron chi connectivity index (χ3n) is 6.20. The van der Waals surface area contributed by atoms with Gasteiger partial charge >= 0.3 is 0 Å². The minimum Gasteiger partial charge on any atom is -0.497 e. The van der Waals surface area contributed by atoms with Gasteiger partial charge in [-0.2, -0.15) is 0 Å². The molecule has 0 radical (unpaired) electrons. The topological polar surface area (TPSA) is 97.6 Å². The van der Waals surface area contributed by atoms with Gasteiger partial charge in [0.25, 0.3) is 0 Å². The lowest BCUT2D eigenvalue weighted by Gasteiger charge is -2.36. The van der Waals surface area contributed by atoms with Crippen LogP contribution in [0.5, 0.6) is 5.75 Å². The molecule has 3 aromatic rings. The minimum absolute atomic E-state index is 0.0481. The lowest BCUT2D eigenvalue weighted by atomic mass is 9.68. The quantitative estimate of drug-likeness (QED) is 0.503. The Labute approximate surface area is 194 Å².